The second-order valence-electron chi connectivity index (χ2n) is 2.52. The summed E-state index contributed by atoms with van der Waals surface area (Å²) in [5.41, 5.74) is 6.63. The van der Waals surface area contributed by atoms with Gasteiger partial charge in [0.15, 0.2) is 0 Å². The van der Waals surface area contributed by atoms with Gasteiger partial charge in [0.2, 0.25) is 0 Å². The normalized spacial score (nSPS) is 12.9. The van der Waals surface area contributed by atoms with E-state index in [-0.39, 0.29) is 6.10 Å². The first kappa shape index (κ1) is 9.71. The Morgan fingerprint density at radius 1 is 1.58 bits per heavy atom. The fourth-order valence-corrected chi connectivity index (χ4v) is 1.49. The lowest BCUT2D eigenvalue weighted by Gasteiger charge is -2.12. The van der Waals surface area contributed by atoms with E-state index in [0.29, 0.717) is 6.54 Å². The number of rotatable bonds is 3. The van der Waals surface area contributed by atoms with Crippen LogP contribution in [0.15, 0.2) is 28.7 Å². The number of ether oxygens (including phenoxy) is 1. The SMILES string of the molecule is CO[C@H](CN)c1cccc(Br)c1. The van der Waals surface area contributed by atoms with E-state index in [1.807, 2.05) is 24.3 Å². The monoisotopic (exact) mass is 229 g/mol. The van der Waals surface area contributed by atoms with E-state index in [1.54, 1.807) is 7.11 Å². The molecule has 0 aliphatic heterocycles. The van der Waals surface area contributed by atoms with Gasteiger partial charge in [-0.15, -0.1) is 0 Å². The van der Waals surface area contributed by atoms with Crippen molar-refractivity contribution in [2.24, 2.45) is 5.73 Å². The van der Waals surface area contributed by atoms with Crippen molar-refractivity contribution in [2.75, 3.05) is 13.7 Å². The van der Waals surface area contributed by atoms with Crippen LogP contribution in [0.2, 0.25) is 0 Å². The third-order valence-electron chi connectivity index (χ3n) is 1.72. The van der Waals surface area contributed by atoms with Crippen molar-refractivity contribution in [3.05, 3.63) is 34.3 Å². The molecule has 12 heavy (non-hydrogen) atoms. The molecule has 0 radical (unpaired) electrons. The Balaban J connectivity index is 2.85. The first-order chi connectivity index (χ1) is 5.77. The predicted molar refractivity (Wildman–Crippen MR) is 52.9 cm³/mol. The number of hydrogen-bond donors (Lipinski definition) is 1. The molecule has 0 amide bonds. The van der Waals surface area contributed by atoms with Crippen molar-refractivity contribution in [3.63, 3.8) is 0 Å². The van der Waals surface area contributed by atoms with Crippen LogP contribution in [-0.4, -0.2) is 13.7 Å². The third kappa shape index (κ3) is 2.30. The Bertz CT molecular complexity index is 248. The van der Waals surface area contributed by atoms with Gasteiger partial charge in [0.25, 0.3) is 0 Å². The van der Waals surface area contributed by atoms with Crippen LogP contribution in [0.3, 0.4) is 0 Å². The molecule has 0 spiro atoms. The Hall–Kier alpha value is -0.380. The van der Waals surface area contributed by atoms with Gasteiger partial charge in [-0.25, -0.2) is 0 Å². The Morgan fingerprint density at radius 3 is 2.83 bits per heavy atom. The van der Waals surface area contributed by atoms with Gasteiger partial charge in [-0.2, -0.15) is 0 Å². The molecule has 2 nitrogen and oxygen atoms in total. The third-order valence-corrected chi connectivity index (χ3v) is 2.21. The predicted octanol–water partition coefficient (Wildman–Crippen LogP) is 2.10. The summed E-state index contributed by atoms with van der Waals surface area (Å²) >= 11 is 3.39. The summed E-state index contributed by atoms with van der Waals surface area (Å²) in [7, 11) is 1.67. The van der Waals surface area contributed by atoms with Crippen molar-refractivity contribution < 1.29 is 4.74 Å². The number of methoxy groups -OCH3 is 1. The molecule has 1 aromatic carbocycles. The first-order valence-electron chi connectivity index (χ1n) is 3.76. The molecular weight excluding hydrogens is 218 g/mol. The number of hydrogen-bond acceptors (Lipinski definition) is 2. The topological polar surface area (TPSA) is 35.2 Å². The molecule has 3 heteroatoms. The quantitative estimate of drug-likeness (QED) is 0.862. The standard InChI is InChI=1S/C9H12BrNO/c1-12-9(6-11)7-3-2-4-8(10)5-7/h2-5,9H,6,11H2,1H3/t9-/m1/s1. The van der Waals surface area contributed by atoms with E-state index in [1.165, 1.54) is 0 Å². The largest absolute Gasteiger partial charge is 0.375 e. The molecule has 2 N–H and O–H groups in total. The molecule has 0 saturated carbocycles. The lowest BCUT2D eigenvalue weighted by molar-refractivity contribution is 0.110. The second-order valence-corrected chi connectivity index (χ2v) is 3.43. The summed E-state index contributed by atoms with van der Waals surface area (Å²) in [5.74, 6) is 0. The minimum atomic E-state index is 0.00231. The lowest BCUT2D eigenvalue weighted by Crippen LogP contribution is -2.13. The van der Waals surface area contributed by atoms with E-state index in [4.69, 9.17) is 10.5 Å². The minimum absolute atomic E-state index is 0.00231. The van der Waals surface area contributed by atoms with Crippen LogP contribution in [0.1, 0.15) is 11.7 Å². The van der Waals surface area contributed by atoms with Crippen molar-refractivity contribution in [1.29, 1.82) is 0 Å². The molecule has 1 rings (SSSR count). The van der Waals surface area contributed by atoms with Crippen molar-refractivity contribution >= 4 is 15.9 Å². The molecule has 0 fully saturated rings. The van der Waals surface area contributed by atoms with Crippen LogP contribution in [-0.2, 0) is 4.74 Å². The van der Waals surface area contributed by atoms with Crippen LogP contribution in [0.25, 0.3) is 0 Å². The molecule has 0 saturated heterocycles. The van der Waals surface area contributed by atoms with Crippen LogP contribution in [0, 0.1) is 0 Å². The number of halogens is 1. The van der Waals surface area contributed by atoms with Gasteiger partial charge in [0.05, 0.1) is 6.10 Å². The van der Waals surface area contributed by atoms with E-state index >= 15 is 0 Å². The highest BCUT2D eigenvalue weighted by atomic mass is 79.9. The maximum Gasteiger partial charge on any atom is 0.0943 e. The van der Waals surface area contributed by atoms with Gasteiger partial charge in [-0.05, 0) is 17.7 Å². The summed E-state index contributed by atoms with van der Waals surface area (Å²) < 4.78 is 6.25. The molecule has 0 bridgehead atoms. The second kappa shape index (κ2) is 4.60. The maximum atomic E-state index is 5.53. The summed E-state index contributed by atoms with van der Waals surface area (Å²) in [5, 5.41) is 0. The Kier molecular flexibility index (Phi) is 3.72. The fraction of sp³-hybridized carbons (Fsp3) is 0.333. The molecule has 0 aliphatic rings. The van der Waals surface area contributed by atoms with Gasteiger partial charge in [0, 0.05) is 18.1 Å². The molecule has 0 aliphatic carbocycles. The summed E-state index contributed by atoms with van der Waals surface area (Å²) in [4.78, 5) is 0. The van der Waals surface area contributed by atoms with Crippen molar-refractivity contribution in [2.45, 2.75) is 6.10 Å². The smallest absolute Gasteiger partial charge is 0.0943 e. The first-order valence-corrected chi connectivity index (χ1v) is 4.55. The Labute approximate surface area is 80.8 Å². The van der Waals surface area contributed by atoms with Crippen LogP contribution in [0.5, 0.6) is 0 Å². The Morgan fingerprint density at radius 2 is 2.33 bits per heavy atom. The number of benzene rings is 1. The maximum absolute atomic E-state index is 5.53. The molecular formula is C9H12BrNO. The average molecular weight is 230 g/mol. The fourth-order valence-electron chi connectivity index (χ4n) is 1.08. The van der Waals surface area contributed by atoms with Gasteiger partial charge >= 0.3 is 0 Å². The number of nitrogens with two attached hydrogens (primary N) is 1. The van der Waals surface area contributed by atoms with Crippen LogP contribution in [0.4, 0.5) is 0 Å². The summed E-state index contributed by atoms with van der Waals surface area (Å²) in [6.45, 7) is 0.507. The van der Waals surface area contributed by atoms with Gasteiger partial charge in [-0.3, -0.25) is 0 Å². The molecule has 1 aromatic rings. The van der Waals surface area contributed by atoms with Crippen molar-refractivity contribution in [1.82, 2.24) is 0 Å². The zero-order chi connectivity index (χ0) is 8.97. The van der Waals surface area contributed by atoms with E-state index in [9.17, 15) is 0 Å². The van der Waals surface area contributed by atoms with Gasteiger partial charge in [0.1, 0.15) is 0 Å². The molecule has 1 atom stereocenters. The summed E-state index contributed by atoms with van der Waals surface area (Å²) in [6, 6.07) is 7.97. The molecule has 0 aromatic heterocycles. The summed E-state index contributed by atoms with van der Waals surface area (Å²) in [6.07, 6.45) is 0.00231. The lowest BCUT2D eigenvalue weighted by atomic mass is 10.1. The van der Waals surface area contributed by atoms with Gasteiger partial charge in [-0.1, -0.05) is 28.1 Å². The van der Waals surface area contributed by atoms with Crippen LogP contribution < -0.4 is 5.73 Å². The van der Waals surface area contributed by atoms with E-state index in [2.05, 4.69) is 15.9 Å². The van der Waals surface area contributed by atoms with E-state index < -0.39 is 0 Å². The zero-order valence-corrected chi connectivity index (χ0v) is 8.54. The highest BCUT2D eigenvalue weighted by Gasteiger charge is 2.06. The van der Waals surface area contributed by atoms with Crippen molar-refractivity contribution in [3.8, 4) is 0 Å². The minimum Gasteiger partial charge on any atom is -0.375 e. The molecule has 0 unspecified atom stereocenters. The van der Waals surface area contributed by atoms with E-state index in [0.717, 1.165) is 10.0 Å². The zero-order valence-electron chi connectivity index (χ0n) is 6.96. The molecule has 66 valence electrons. The highest BCUT2D eigenvalue weighted by molar-refractivity contribution is 9.10. The van der Waals surface area contributed by atoms with Crippen LogP contribution >= 0.6 is 15.9 Å². The molecule has 0 heterocycles. The highest BCUT2D eigenvalue weighted by Crippen LogP contribution is 2.19. The average Bonchev–Trinajstić information content (AvgIpc) is 2.07. The van der Waals surface area contributed by atoms with Gasteiger partial charge < -0.3 is 10.5 Å².